The second-order valence-electron chi connectivity index (χ2n) is 6.26. The molecule has 1 saturated heterocycles. The third-order valence-corrected chi connectivity index (χ3v) is 4.76. The first kappa shape index (κ1) is 14.0. The van der Waals surface area contributed by atoms with Crippen LogP contribution < -0.4 is 0 Å². The molecule has 3 unspecified atom stereocenters. The van der Waals surface area contributed by atoms with Crippen LogP contribution in [0.1, 0.15) is 60.3 Å². The van der Waals surface area contributed by atoms with Crippen LogP contribution in [0, 0.1) is 17.8 Å². The summed E-state index contributed by atoms with van der Waals surface area (Å²) in [4.78, 5) is 2.69. The molecule has 0 N–H and O–H groups in total. The largest absolute Gasteiger partial charge is 0.300 e. The minimum Gasteiger partial charge on any atom is -0.300 e. The molecule has 0 aliphatic carbocycles. The second-order valence-corrected chi connectivity index (χ2v) is 6.26. The lowest BCUT2D eigenvalue weighted by molar-refractivity contribution is 0.182. The van der Waals surface area contributed by atoms with E-state index < -0.39 is 0 Å². The highest BCUT2D eigenvalue weighted by atomic mass is 15.2. The van der Waals surface area contributed by atoms with Crippen molar-refractivity contribution < 1.29 is 0 Å². The summed E-state index contributed by atoms with van der Waals surface area (Å²) in [5.74, 6) is 2.59. The van der Waals surface area contributed by atoms with E-state index in [-0.39, 0.29) is 0 Å². The Labute approximate surface area is 103 Å². The molecule has 0 radical (unpaired) electrons. The van der Waals surface area contributed by atoms with E-state index in [1.165, 1.54) is 38.8 Å². The van der Waals surface area contributed by atoms with Crippen LogP contribution in [-0.2, 0) is 0 Å². The molecule has 1 heterocycles. The van der Waals surface area contributed by atoms with E-state index in [4.69, 9.17) is 0 Å². The van der Waals surface area contributed by atoms with Crippen LogP contribution in [-0.4, -0.2) is 24.0 Å². The second kappa shape index (κ2) is 6.64. The maximum absolute atomic E-state index is 2.69. The molecule has 96 valence electrons. The molecule has 1 nitrogen and oxygen atoms in total. The fourth-order valence-corrected chi connectivity index (χ4v) is 2.61. The molecule has 3 atom stereocenters. The zero-order chi connectivity index (χ0) is 12.1. The molecule has 0 aromatic carbocycles. The summed E-state index contributed by atoms with van der Waals surface area (Å²) in [7, 11) is 0. The molecule has 0 amide bonds. The van der Waals surface area contributed by atoms with Gasteiger partial charge in [-0.1, -0.05) is 34.1 Å². The first-order valence-corrected chi connectivity index (χ1v) is 7.26. The zero-order valence-corrected chi connectivity index (χ0v) is 12.0. The van der Waals surface area contributed by atoms with Gasteiger partial charge >= 0.3 is 0 Å². The maximum atomic E-state index is 2.69. The Hall–Kier alpha value is -0.0400. The van der Waals surface area contributed by atoms with Crippen LogP contribution in [0.3, 0.4) is 0 Å². The van der Waals surface area contributed by atoms with Gasteiger partial charge in [0.2, 0.25) is 0 Å². The molecule has 0 aromatic heterocycles. The average Bonchev–Trinajstić information content (AvgIpc) is 2.77. The van der Waals surface area contributed by atoms with E-state index in [0.29, 0.717) is 0 Å². The van der Waals surface area contributed by atoms with Gasteiger partial charge in [-0.2, -0.15) is 0 Å². The fraction of sp³-hybridized carbons (Fsp3) is 1.00. The highest BCUT2D eigenvalue weighted by molar-refractivity contribution is 4.77. The number of likely N-dealkylation sites (tertiary alicyclic amines) is 1. The Morgan fingerprint density at radius 1 is 0.812 bits per heavy atom. The highest BCUT2D eigenvalue weighted by Crippen LogP contribution is 2.24. The molecule has 1 aliphatic rings. The molecule has 1 heteroatoms. The van der Waals surface area contributed by atoms with Crippen LogP contribution in [0.15, 0.2) is 0 Å². The van der Waals surface area contributed by atoms with E-state index in [9.17, 15) is 0 Å². The third-order valence-electron chi connectivity index (χ3n) is 4.76. The molecule has 1 fully saturated rings. The lowest BCUT2D eigenvalue weighted by Gasteiger charge is -2.30. The Balaban J connectivity index is 2.25. The molecular weight excluding hydrogens is 194 g/mol. The van der Waals surface area contributed by atoms with Crippen molar-refractivity contribution >= 4 is 0 Å². The standard InChI is InChI=1S/C15H31N/c1-12(2)13(3)8-9-14(4)15(5)16-10-6-7-11-16/h12-15H,6-11H2,1-5H3. The molecule has 1 aliphatic heterocycles. The summed E-state index contributed by atoms with van der Waals surface area (Å²) in [5, 5.41) is 0. The Morgan fingerprint density at radius 3 is 1.81 bits per heavy atom. The summed E-state index contributed by atoms with van der Waals surface area (Å²) in [6, 6.07) is 0.793. The van der Waals surface area contributed by atoms with Crippen LogP contribution >= 0.6 is 0 Å². The molecule has 0 bridgehead atoms. The van der Waals surface area contributed by atoms with Gasteiger partial charge in [0.15, 0.2) is 0 Å². The third kappa shape index (κ3) is 4.08. The van der Waals surface area contributed by atoms with Crippen molar-refractivity contribution in [3.63, 3.8) is 0 Å². The number of hydrogen-bond acceptors (Lipinski definition) is 1. The monoisotopic (exact) mass is 225 g/mol. The maximum Gasteiger partial charge on any atom is 0.00925 e. The zero-order valence-electron chi connectivity index (χ0n) is 12.0. The van der Waals surface area contributed by atoms with Crippen LogP contribution in [0.2, 0.25) is 0 Å². The first-order chi connectivity index (χ1) is 7.52. The van der Waals surface area contributed by atoms with Crippen molar-refractivity contribution in [3.8, 4) is 0 Å². The lowest BCUT2D eigenvalue weighted by Crippen LogP contribution is -2.35. The van der Waals surface area contributed by atoms with Crippen molar-refractivity contribution in [2.75, 3.05) is 13.1 Å². The van der Waals surface area contributed by atoms with Crippen LogP contribution in [0.5, 0.6) is 0 Å². The lowest BCUT2D eigenvalue weighted by atomic mass is 9.87. The predicted octanol–water partition coefficient (Wildman–Crippen LogP) is 4.18. The average molecular weight is 225 g/mol. The summed E-state index contributed by atoms with van der Waals surface area (Å²) < 4.78 is 0. The van der Waals surface area contributed by atoms with E-state index >= 15 is 0 Å². The van der Waals surface area contributed by atoms with Crippen molar-refractivity contribution in [2.45, 2.75) is 66.3 Å². The minimum atomic E-state index is 0.793. The van der Waals surface area contributed by atoms with Crippen molar-refractivity contribution in [1.82, 2.24) is 4.90 Å². The molecule has 16 heavy (non-hydrogen) atoms. The van der Waals surface area contributed by atoms with Gasteiger partial charge in [0.1, 0.15) is 0 Å². The van der Waals surface area contributed by atoms with Crippen molar-refractivity contribution in [2.24, 2.45) is 17.8 Å². The number of hydrogen-bond donors (Lipinski definition) is 0. The van der Waals surface area contributed by atoms with Gasteiger partial charge in [-0.25, -0.2) is 0 Å². The Bertz CT molecular complexity index is 182. The summed E-state index contributed by atoms with van der Waals surface area (Å²) >= 11 is 0. The van der Waals surface area contributed by atoms with Gasteiger partial charge < -0.3 is 4.90 Å². The normalized spacial score (nSPS) is 23.6. The van der Waals surface area contributed by atoms with Gasteiger partial charge in [-0.3, -0.25) is 0 Å². The fourth-order valence-electron chi connectivity index (χ4n) is 2.61. The first-order valence-electron chi connectivity index (χ1n) is 7.26. The van der Waals surface area contributed by atoms with E-state index in [0.717, 1.165) is 23.8 Å². The summed E-state index contributed by atoms with van der Waals surface area (Å²) in [5.41, 5.74) is 0. The molecule has 0 spiro atoms. The van der Waals surface area contributed by atoms with Gasteiger partial charge in [-0.05, 0) is 57.0 Å². The van der Waals surface area contributed by atoms with Crippen LogP contribution in [0.25, 0.3) is 0 Å². The summed E-state index contributed by atoms with van der Waals surface area (Å²) in [6.45, 7) is 14.6. The van der Waals surface area contributed by atoms with E-state index in [1.54, 1.807) is 0 Å². The van der Waals surface area contributed by atoms with Crippen molar-refractivity contribution in [3.05, 3.63) is 0 Å². The number of rotatable bonds is 6. The Morgan fingerprint density at radius 2 is 1.31 bits per heavy atom. The van der Waals surface area contributed by atoms with E-state index in [2.05, 4.69) is 39.5 Å². The van der Waals surface area contributed by atoms with Crippen molar-refractivity contribution in [1.29, 1.82) is 0 Å². The van der Waals surface area contributed by atoms with Gasteiger partial charge in [0, 0.05) is 6.04 Å². The van der Waals surface area contributed by atoms with Crippen LogP contribution in [0.4, 0.5) is 0 Å². The predicted molar refractivity (Wildman–Crippen MR) is 72.7 cm³/mol. The smallest absolute Gasteiger partial charge is 0.00925 e. The minimum absolute atomic E-state index is 0.793. The SMILES string of the molecule is CC(C)C(C)CCC(C)C(C)N1CCCC1. The van der Waals surface area contributed by atoms with Gasteiger partial charge in [0.05, 0.1) is 0 Å². The Kier molecular flexibility index (Phi) is 5.82. The summed E-state index contributed by atoms with van der Waals surface area (Å²) in [6.07, 6.45) is 5.63. The topological polar surface area (TPSA) is 3.24 Å². The highest BCUT2D eigenvalue weighted by Gasteiger charge is 2.23. The van der Waals surface area contributed by atoms with Gasteiger partial charge in [-0.15, -0.1) is 0 Å². The number of nitrogens with zero attached hydrogens (tertiary/aromatic N) is 1. The molecule has 1 rings (SSSR count). The van der Waals surface area contributed by atoms with Gasteiger partial charge in [0.25, 0.3) is 0 Å². The molecular formula is C15H31N. The molecule has 0 saturated carbocycles. The molecule has 0 aromatic rings. The van der Waals surface area contributed by atoms with E-state index in [1.807, 2.05) is 0 Å². The quantitative estimate of drug-likeness (QED) is 0.655.